The van der Waals surface area contributed by atoms with E-state index < -0.39 is 5.97 Å². The number of hydrogen-bond acceptors (Lipinski definition) is 4. The number of rotatable bonds is 4. The van der Waals surface area contributed by atoms with E-state index in [1.807, 2.05) is 24.3 Å². The molecule has 1 aromatic carbocycles. The van der Waals surface area contributed by atoms with Crippen LogP contribution in [-0.4, -0.2) is 24.0 Å². The van der Waals surface area contributed by atoms with E-state index in [0.29, 0.717) is 12.8 Å². The van der Waals surface area contributed by atoms with Crippen LogP contribution in [0.1, 0.15) is 12.0 Å². The molecule has 0 amide bonds. The normalized spacial score (nSPS) is 11.2. The SMILES string of the molecule is COC(=O)/C(CCc1ccccc1Br)=N\O. The molecule has 0 saturated carbocycles. The fourth-order valence-electron chi connectivity index (χ4n) is 1.26. The minimum Gasteiger partial charge on any atom is -0.464 e. The number of carbonyl (C=O) groups excluding carboxylic acids is 1. The average Bonchev–Trinajstić information content (AvgIpc) is 2.31. The number of nitrogens with zero attached hydrogens (tertiary/aromatic N) is 1. The van der Waals surface area contributed by atoms with Crippen LogP contribution in [0, 0.1) is 0 Å². The van der Waals surface area contributed by atoms with E-state index in [9.17, 15) is 4.79 Å². The summed E-state index contributed by atoms with van der Waals surface area (Å²) in [6.45, 7) is 0. The number of carbonyl (C=O) groups is 1. The highest BCUT2D eigenvalue weighted by molar-refractivity contribution is 9.10. The van der Waals surface area contributed by atoms with Crippen molar-refractivity contribution in [2.24, 2.45) is 5.16 Å². The lowest BCUT2D eigenvalue weighted by molar-refractivity contribution is -0.133. The number of esters is 1. The van der Waals surface area contributed by atoms with Crippen LogP contribution in [0.4, 0.5) is 0 Å². The minimum atomic E-state index is -0.602. The van der Waals surface area contributed by atoms with E-state index in [0.717, 1.165) is 10.0 Å². The average molecular weight is 286 g/mol. The Labute approximate surface area is 102 Å². The first kappa shape index (κ1) is 12.7. The molecule has 86 valence electrons. The van der Waals surface area contributed by atoms with Crippen LogP contribution in [-0.2, 0) is 16.0 Å². The summed E-state index contributed by atoms with van der Waals surface area (Å²) in [7, 11) is 1.26. The van der Waals surface area contributed by atoms with Crippen molar-refractivity contribution < 1.29 is 14.7 Å². The molecule has 0 aliphatic carbocycles. The van der Waals surface area contributed by atoms with Gasteiger partial charge in [0.15, 0.2) is 5.71 Å². The van der Waals surface area contributed by atoms with Crippen molar-refractivity contribution in [3.63, 3.8) is 0 Å². The van der Waals surface area contributed by atoms with Gasteiger partial charge in [0, 0.05) is 10.9 Å². The molecule has 0 radical (unpaired) electrons. The third kappa shape index (κ3) is 3.34. The summed E-state index contributed by atoms with van der Waals surface area (Å²) in [6, 6.07) is 7.68. The third-order valence-corrected chi connectivity index (χ3v) is 2.90. The van der Waals surface area contributed by atoms with Gasteiger partial charge in [0.25, 0.3) is 0 Å². The lowest BCUT2D eigenvalue weighted by atomic mass is 10.1. The molecule has 4 nitrogen and oxygen atoms in total. The van der Waals surface area contributed by atoms with Crippen molar-refractivity contribution in [2.45, 2.75) is 12.8 Å². The van der Waals surface area contributed by atoms with Gasteiger partial charge in [0.05, 0.1) is 7.11 Å². The largest absolute Gasteiger partial charge is 0.464 e. The van der Waals surface area contributed by atoms with Crippen LogP contribution in [0.15, 0.2) is 33.9 Å². The van der Waals surface area contributed by atoms with Crippen LogP contribution in [0.5, 0.6) is 0 Å². The van der Waals surface area contributed by atoms with Crippen LogP contribution in [0.3, 0.4) is 0 Å². The fourth-order valence-corrected chi connectivity index (χ4v) is 1.75. The summed E-state index contributed by atoms with van der Waals surface area (Å²) in [5.41, 5.74) is 1.07. The second-order valence-electron chi connectivity index (χ2n) is 3.13. The number of halogens is 1. The Morgan fingerprint density at radius 1 is 1.50 bits per heavy atom. The first-order chi connectivity index (χ1) is 7.69. The number of hydrogen-bond donors (Lipinski definition) is 1. The Kier molecular flexibility index (Phi) is 4.98. The van der Waals surface area contributed by atoms with E-state index in [1.165, 1.54) is 7.11 Å². The van der Waals surface area contributed by atoms with Crippen molar-refractivity contribution in [1.82, 2.24) is 0 Å². The second kappa shape index (κ2) is 6.27. The predicted octanol–water partition coefficient (Wildman–Crippen LogP) is 2.38. The van der Waals surface area contributed by atoms with Crippen molar-refractivity contribution in [3.8, 4) is 0 Å². The van der Waals surface area contributed by atoms with Crippen molar-refractivity contribution in [2.75, 3.05) is 7.11 Å². The molecule has 5 heteroatoms. The Hall–Kier alpha value is -1.36. The molecule has 0 aromatic heterocycles. The summed E-state index contributed by atoms with van der Waals surface area (Å²) in [4.78, 5) is 11.1. The predicted molar refractivity (Wildman–Crippen MR) is 63.7 cm³/mol. The Balaban J connectivity index is 2.64. The van der Waals surface area contributed by atoms with Crippen molar-refractivity contribution >= 4 is 27.6 Å². The molecule has 16 heavy (non-hydrogen) atoms. The number of aryl methyl sites for hydroxylation is 1. The van der Waals surface area contributed by atoms with Gasteiger partial charge in [-0.3, -0.25) is 0 Å². The summed E-state index contributed by atoms with van der Waals surface area (Å²) in [5.74, 6) is -0.602. The monoisotopic (exact) mass is 285 g/mol. The molecule has 1 aromatic rings. The Morgan fingerprint density at radius 3 is 2.75 bits per heavy atom. The lowest BCUT2D eigenvalue weighted by Gasteiger charge is -2.04. The summed E-state index contributed by atoms with van der Waals surface area (Å²) in [5, 5.41) is 11.6. The van der Waals surface area contributed by atoms with E-state index in [4.69, 9.17) is 5.21 Å². The first-order valence-electron chi connectivity index (χ1n) is 4.71. The Bertz CT molecular complexity index is 404. The zero-order valence-electron chi connectivity index (χ0n) is 8.81. The molecular formula is C11H12BrNO3. The number of oxime groups is 1. The molecule has 1 N–H and O–H groups in total. The van der Waals surface area contributed by atoms with Gasteiger partial charge in [0.1, 0.15) is 0 Å². The topological polar surface area (TPSA) is 58.9 Å². The summed E-state index contributed by atoms with van der Waals surface area (Å²) >= 11 is 3.40. The molecule has 1 rings (SSSR count). The molecule has 0 spiro atoms. The molecule has 0 saturated heterocycles. The van der Waals surface area contributed by atoms with Gasteiger partial charge in [-0.1, -0.05) is 39.3 Å². The maximum Gasteiger partial charge on any atom is 0.355 e. The van der Waals surface area contributed by atoms with Crippen molar-refractivity contribution in [1.29, 1.82) is 0 Å². The van der Waals surface area contributed by atoms with Crippen LogP contribution in [0.25, 0.3) is 0 Å². The standard InChI is InChI=1S/C11H12BrNO3/c1-16-11(14)10(13-15)7-6-8-4-2-3-5-9(8)12/h2-5,15H,6-7H2,1H3/b13-10-. The highest BCUT2D eigenvalue weighted by Crippen LogP contribution is 2.17. The number of benzene rings is 1. The van der Waals surface area contributed by atoms with Gasteiger partial charge >= 0.3 is 5.97 Å². The van der Waals surface area contributed by atoms with E-state index in [1.54, 1.807) is 0 Å². The zero-order valence-corrected chi connectivity index (χ0v) is 10.4. The van der Waals surface area contributed by atoms with Gasteiger partial charge in [-0.25, -0.2) is 4.79 Å². The molecule has 0 heterocycles. The van der Waals surface area contributed by atoms with Crippen LogP contribution in [0.2, 0.25) is 0 Å². The number of ether oxygens (including phenoxy) is 1. The van der Waals surface area contributed by atoms with E-state index in [2.05, 4.69) is 25.8 Å². The smallest absolute Gasteiger partial charge is 0.355 e. The quantitative estimate of drug-likeness (QED) is 0.400. The molecule has 0 atom stereocenters. The van der Waals surface area contributed by atoms with Gasteiger partial charge in [-0.15, -0.1) is 0 Å². The maximum absolute atomic E-state index is 11.1. The minimum absolute atomic E-state index is 0.0262. The van der Waals surface area contributed by atoms with E-state index in [-0.39, 0.29) is 5.71 Å². The zero-order chi connectivity index (χ0) is 12.0. The van der Waals surface area contributed by atoms with Crippen LogP contribution >= 0.6 is 15.9 Å². The molecule has 0 unspecified atom stereocenters. The van der Waals surface area contributed by atoms with Crippen LogP contribution < -0.4 is 0 Å². The van der Waals surface area contributed by atoms with Gasteiger partial charge in [-0.05, 0) is 18.1 Å². The molecule has 0 fully saturated rings. The highest BCUT2D eigenvalue weighted by atomic mass is 79.9. The molecule has 0 aliphatic rings. The summed E-state index contributed by atoms with van der Waals surface area (Å²) in [6.07, 6.45) is 0.946. The molecule has 0 bridgehead atoms. The fraction of sp³-hybridized carbons (Fsp3) is 0.273. The summed E-state index contributed by atoms with van der Waals surface area (Å²) < 4.78 is 5.45. The third-order valence-electron chi connectivity index (χ3n) is 2.13. The molecule has 0 aliphatic heterocycles. The van der Waals surface area contributed by atoms with Crippen molar-refractivity contribution in [3.05, 3.63) is 34.3 Å². The highest BCUT2D eigenvalue weighted by Gasteiger charge is 2.12. The first-order valence-corrected chi connectivity index (χ1v) is 5.51. The Morgan fingerprint density at radius 2 is 2.19 bits per heavy atom. The number of methoxy groups -OCH3 is 1. The van der Waals surface area contributed by atoms with Gasteiger partial charge < -0.3 is 9.94 Å². The maximum atomic E-state index is 11.1. The van der Waals surface area contributed by atoms with Gasteiger partial charge in [0.2, 0.25) is 0 Å². The van der Waals surface area contributed by atoms with Gasteiger partial charge in [-0.2, -0.15) is 0 Å². The van der Waals surface area contributed by atoms with E-state index >= 15 is 0 Å². The lowest BCUT2D eigenvalue weighted by Crippen LogP contribution is -2.16. The molecular weight excluding hydrogens is 274 g/mol. The second-order valence-corrected chi connectivity index (χ2v) is 3.98.